The van der Waals surface area contributed by atoms with Crippen molar-refractivity contribution in [1.29, 1.82) is 0 Å². The molecule has 0 radical (unpaired) electrons. The number of amides is 2. The van der Waals surface area contributed by atoms with Crippen LogP contribution >= 0.6 is 11.6 Å². The minimum absolute atomic E-state index is 0.220. The molecule has 31 heavy (non-hydrogen) atoms. The van der Waals surface area contributed by atoms with Crippen LogP contribution in [-0.4, -0.2) is 40.6 Å². The zero-order valence-electron chi connectivity index (χ0n) is 17.0. The number of nitrogens with zero attached hydrogens (tertiary/aromatic N) is 2. The lowest BCUT2D eigenvalue weighted by Crippen LogP contribution is -2.44. The predicted octanol–water partition coefficient (Wildman–Crippen LogP) is 3.12. The summed E-state index contributed by atoms with van der Waals surface area (Å²) in [6, 6.07) is 15.1. The number of hydrogen-bond donors (Lipinski definition) is 2. The second-order valence-corrected chi connectivity index (χ2v) is 7.89. The number of carbonyl (C=O) groups excluding carboxylic acids is 2. The smallest absolute Gasteiger partial charge is 0.287 e. The SMILES string of the molecule is Cn1ccnc1C(=O)NC[C@@H]1CCO[C@@H](c2cccc(-c3ccc(Cl)cc3)c2)C(=O)N1. The Kier molecular flexibility index (Phi) is 6.34. The fourth-order valence-electron chi connectivity index (χ4n) is 3.56. The van der Waals surface area contributed by atoms with Crippen LogP contribution in [0.1, 0.15) is 28.7 Å². The molecule has 1 aromatic heterocycles. The summed E-state index contributed by atoms with van der Waals surface area (Å²) in [6.45, 7) is 0.704. The van der Waals surface area contributed by atoms with Crippen LogP contribution in [-0.2, 0) is 16.6 Å². The average Bonchev–Trinajstić information content (AvgIpc) is 3.11. The van der Waals surface area contributed by atoms with Crippen molar-refractivity contribution >= 4 is 23.4 Å². The largest absolute Gasteiger partial charge is 0.364 e. The molecular weight excluding hydrogens is 416 g/mol. The van der Waals surface area contributed by atoms with Crippen molar-refractivity contribution < 1.29 is 14.3 Å². The van der Waals surface area contributed by atoms with E-state index in [9.17, 15) is 9.59 Å². The first-order valence-electron chi connectivity index (χ1n) is 10.0. The van der Waals surface area contributed by atoms with Crippen LogP contribution in [0.25, 0.3) is 11.1 Å². The maximum absolute atomic E-state index is 12.9. The van der Waals surface area contributed by atoms with Gasteiger partial charge in [-0.3, -0.25) is 9.59 Å². The molecule has 1 saturated heterocycles. The first kappa shape index (κ1) is 21.1. The van der Waals surface area contributed by atoms with Gasteiger partial charge in [-0.2, -0.15) is 0 Å². The summed E-state index contributed by atoms with van der Waals surface area (Å²) in [6.07, 6.45) is 3.17. The standard InChI is InChI=1S/C23H23ClN4O3/c1-28-11-10-25-21(28)23(30)26-14-19-9-12-31-20(22(29)27-19)17-4-2-3-16(13-17)15-5-7-18(24)8-6-15/h2-8,10-11,13,19-20H,9,12,14H2,1H3,(H,26,30)(H,27,29)/t19-,20-/m0/s1. The minimum atomic E-state index is -0.706. The Bertz CT molecular complexity index is 1080. The Morgan fingerprint density at radius 3 is 2.81 bits per heavy atom. The van der Waals surface area contributed by atoms with Crippen molar-refractivity contribution in [3.05, 3.63) is 77.3 Å². The van der Waals surface area contributed by atoms with E-state index in [-0.39, 0.29) is 17.9 Å². The highest BCUT2D eigenvalue weighted by molar-refractivity contribution is 6.30. The van der Waals surface area contributed by atoms with Gasteiger partial charge >= 0.3 is 0 Å². The third kappa shape index (κ3) is 4.95. The number of nitrogens with one attached hydrogen (secondary N) is 2. The normalized spacial score (nSPS) is 18.8. The van der Waals surface area contributed by atoms with Gasteiger partial charge in [0.25, 0.3) is 11.8 Å². The summed E-state index contributed by atoms with van der Waals surface area (Å²) in [5, 5.41) is 6.49. The van der Waals surface area contributed by atoms with Gasteiger partial charge in [-0.05, 0) is 41.3 Å². The maximum atomic E-state index is 12.9. The summed E-state index contributed by atoms with van der Waals surface area (Å²) in [7, 11) is 1.76. The van der Waals surface area contributed by atoms with E-state index in [4.69, 9.17) is 16.3 Å². The zero-order chi connectivity index (χ0) is 21.8. The molecular formula is C23H23ClN4O3. The number of hydrogen-bond acceptors (Lipinski definition) is 4. The molecule has 4 rings (SSSR count). The molecule has 2 heterocycles. The van der Waals surface area contributed by atoms with Crippen LogP contribution in [0, 0.1) is 0 Å². The van der Waals surface area contributed by atoms with Crippen molar-refractivity contribution in [2.45, 2.75) is 18.6 Å². The van der Waals surface area contributed by atoms with E-state index in [1.807, 2.05) is 48.5 Å². The van der Waals surface area contributed by atoms with E-state index in [0.717, 1.165) is 16.7 Å². The number of imidazole rings is 1. The van der Waals surface area contributed by atoms with Gasteiger partial charge in [0.15, 0.2) is 11.9 Å². The second kappa shape index (κ2) is 9.32. The van der Waals surface area contributed by atoms with Gasteiger partial charge < -0.3 is 19.9 Å². The van der Waals surface area contributed by atoms with E-state index in [1.165, 1.54) is 0 Å². The van der Waals surface area contributed by atoms with Crippen LogP contribution in [0.2, 0.25) is 5.02 Å². The van der Waals surface area contributed by atoms with Crippen LogP contribution in [0.5, 0.6) is 0 Å². The molecule has 0 bridgehead atoms. The fraction of sp³-hybridized carbons (Fsp3) is 0.261. The Hall–Kier alpha value is -3.16. The molecule has 1 aliphatic heterocycles. The third-order valence-electron chi connectivity index (χ3n) is 5.24. The summed E-state index contributed by atoms with van der Waals surface area (Å²) >= 11 is 5.98. The molecule has 2 aromatic carbocycles. The molecule has 1 aliphatic rings. The lowest BCUT2D eigenvalue weighted by molar-refractivity contribution is -0.131. The number of aromatic nitrogens is 2. The molecule has 0 spiro atoms. The second-order valence-electron chi connectivity index (χ2n) is 7.45. The number of halogens is 1. The topological polar surface area (TPSA) is 85.2 Å². The van der Waals surface area contributed by atoms with Crippen LogP contribution in [0.15, 0.2) is 60.9 Å². The van der Waals surface area contributed by atoms with E-state index >= 15 is 0 Å². The van der Waals surface area contributed by atoms with Crippen molar-refractivity contribution in [3.63, 3.8) is 0 Å². The number of aryl methyl sites for hydroxylation is 1. The third-order valence-corrected chi connectivity index (χ3v) is 5.49. The summed E-state index contributed by atoms with van der Waals surface area (Å²) in [5.41, 5.74) is 2.77. The van der Waals surface area contributed by atoms with Crippen LogP contribution in [0.3, 0.4) is 0 Å². The van der Waals surface area contributed by atoms with E-state index < -0.39 is 6.10 Å². The molecule has 0 aliphatic carbocycles. The molecule has 160 valence electrons. The predicted molar refractivity (Wildman–Crippen MR) is 118 cm³/mol. The fourth-order valence-corrected chi connectivity index (χ4v) is 3.68. The highest BCUT2D eigenvalue weighted by atomic mass is 35.5. The molecule has 1 fully saturated rings. The van der Waals surface area contributed by atoms with Crippen LogP contribution < -0.4 is 10.6 Å². The lowest BCUT2D eigenvalue weighted by atomic mass is 10.0. The van der Waals surface area contributed by atoms with Gasteiger partial charge in [-0.1, -0.05) is 41.9 Å². The van der Waals surface area contributed by atoms with Crippen molar-refractivity contribution in [1.82, 2.24) is 20.2 Å². The lowest BCUT2D eigenvalue weighted by Gasteiger charge is -2.18. The highest BCUT2D eigenvalue weighted by Gasteiger charge is 2.28. The van der Waals surface area contributed by atoms with Gasteiger partial charge in [0.2, 0.25) is 0 Å². The number of rotatable bonds is 5. The minimum Gasteiger partial charge on any atom is -0.364 e. The van der Waals surface area contributed by atoms with Crippen molar-refractivity contribution in [2.24, 2.45) is 7.05 Å². The molecule has 7 nitrogen and oxygen atoms in total. The summed E-state index contributed by atoms with van der Waals surface area (Å²) < 4.78 is 7.52. The number of ether oxygens (including phenoxy) is 1. The zero-order valence-corrected chi connectivity index (χ0v) is 17.8. The Morgan fingerprint density at radius 1 is 1.26 bits per heavy atom. The van der Waals surface area contributed by atoms with Gasteiger partial charge in [-0.25, -0.2) is 4.98 Å². The number of carbonyl (C=O) groups is 2. The van der Waals surface area contributed by atoms with E-state index in [1.54, 1.807) is 24.0 Å². The molecule has 2 amide bonds. The maximum Gasteiger partial charge on any atom is 0.287 e. The summed E-state index contributed by atoms with van der Waals surface area (Å²) in [4.78, 5) is 29.2. The summed E-state index contributed by atoms with van der Waals surface area (Å²) in [5.74, 6) is -0.172. The highest BCUT2D eigenvalue weighted by Crippen LogP contribution is 2.27. The van der Waals surface area contributed by atoms with Crippen LogP contribution in [0.4, 0.5) is 0 Å². The number of benzene rings is 2. The molecule has 3 aromatic rings. The molecule has 8 heteroatoms. The van der Waals surface area contributed by atoms with Gasteiger partial charge in [0, 0.05) is 37.1 Å². The van der Waals surface area contributed by atoms with Crippen molar-refractivity contribution in [3.8, 4) is 11.1 Å². The van der Waals surface area contributed by atoms with Crippen molar-refractivity contribution in [2.75, 3.05) is 13.2 Å². The Balaban J connectivity index is 1.42. The molecule has 0 saturated carbocycles. The van der Waals surface area contributed by atoms with E-state index in [0.29, 0.717) is 30.4 Å². The quantitative estimate of drug-likeness (QED) is 0.641. The first-order chi connectivity index (χ1) is 15.0. The Morgan fingerprint density at radius 2 is 2.06 bits per heavy atom. The van der Waals surface area contributed by atoms with E-state index in [2.05, 4.69) is 15.6 Å². The van der Waals surface area contributed by atoms with Gasteiger partial charge in [0.1, 0.15) is 0 Å². The molecule has 2 N–H and O–H groups in total. The first-order valence-corrected chi connectivity index (χ1v) is 10.4. The molecule has 2 atom stereocenters. The monoisotopic (exact) mass is 438 g/mol. The Labute approximate surface area is 185 Å². The average molecular weight is 439 g/mol. The van der Waals surface area contributed by atoms with Gasteiger partial charge in [0.05, 0.1) is 6.61 Å². The molecule has 0 unspecified atom stereocenters. The van der Waals surface area contributed by atoms with Gasteiger partial charge in [-0.15, -0.1) is 0 Å².